The highest BCUT2D eigenvalue weighted by atomic mass is 16.5. The highest BCUT2D eigenvalue weighted by Crippen LogP contribution is 2.42. The van der Waals surface area contributed by atoms with Gasteiger partial charge in [0.2, 0.25) is 5.91 Å². The fraction of sp³-hybridized carbons (Fsp3) is 0.524. The molecule has 2 aliphatic heterocycles. The van der Waals surface area contributed by atoms with E-state index < -0.39 is 6.10 Å². The van der Waals surface area contributed by atoms with Crippen molar-refractivity contribution in [2.75, 3.05) is 13.1 Å². The number of aromatic amines is 1. The largest absolute Gasteiger partial charge is 0.393 e. The number of aliphatic hydroxyl groups excluding tert-OH is 1. The summed E-state index contributed by atoms with van der Waals surface area (Å²) in [6, 6.07) is 11.4. The number of benzene rings is 1. The van der Waals surface area contributed by atoms with Gasteiger partial charge in [-0.15, -0.1) is 0 Å². The number of ether oxygens (including phenoxy) is 1. The van der Waals surface area contributed by atoms with E-state index in [0.717, 1.165) is 18.4 Å². The number of likely N-dealkylation sites (tertiary alicyclic amines) is 1. The van der Waals surface area contributed by atoms with Gasteiger partial charge in [-0.1, -0.05) is 30.3 Å². The Bertz CT molecular complexity index is 851. The van der Waals surface area contributed by atoms with E-state index in [4.69, 9.17) is 9.26 Å². The number of rotatable bonds is 4. The number of aromatic nitrogens is 1. The summed E-state index contributed by atoms with van der Waals surface area (Å²) < 4.78 is 11.5. The normalized spacial score (nSPS) is 24.4. The molecule has 2 N–H and O–H groups in total. The maximum Gasteiger partial charge on any atom is 0.280 e. The molecule has 1 aromatic carbocycles. The Labute approximate surface area is 163 Å². The zero-order chi connectivity index (χ0) is 19.6. The topological polar surface area (TPSA) is 95.8 Å². The van der Waals surface area contributed by atoms with E-state index in [2.05, 4.69) is 5.16 Å². The number of nitrogens with zero attached hydrogens (tertiary/aromatic N) is 1. The zero-order valence-corrected chi connectivity index (χ0v) is 15.8. The minimum Gasteiger partial charge on any atom is -0.393 e. The van der Waals surface area contributed by atoms with Crippen LogP contribution in [0.15, 0.2) is 45.7 Å². The van der Waals surface area contributed by atoms with Crippen LogP contribution in [-0.4, -0.2) is 45.9 Å². The monoisotopic (exact) mass is 386 g/mol. The number of hydrogen-bond donors (Lipinski definition) is 2. The second-order valence-electron chi connectivity index (χ2n) is 7.85. The Kier molecular flexibility index (Phi) is 5.37. The van der Waals surface area contributed by atoms with E-state index in [0.29, 0.717) is 44.5 Å². The molecule has 0 bridgehead atoms. The molecule has 2 atom stereocenters. The summed E-state index contributed by atoms with van der Waals surface area (Å²) in [4.78, 5) is 25.4. The number of aliphatic hydroxyl groups is 1. The van der Waals surface area contributed by atoms with Crippen LogP contribution >= 0.6 is 0 Å². The lowest BCUT2D eigenvalue weighted by molar-refractivity contribution is -0.185. The van der Waals surface area contributed by atoms with Crippen molar-refractivity contribution in [2.24, 2.45) is 0 Å². The van der Waals surface area contributed by atoms with Gasteiger partial charge >= 0.3 is 0 Å². The molecule has 0 saturated carbocycles. The minimum absolute atomic E-state index is 0.0506. The summed E-state index contributed by atoms with van der Waals surface area (Å²) >= 11 is 0. The third kappa shape index (κ3) is 4.20. The molecule has 3 heterocycles. The van der Waals surface area contributed by atoms with Crippen molar-refractivity contribution in [3.63, 3.8) is 0 Å². The Morgan fingerprint density at radius 1 is 1.25 bits per heavy atom. The van der Waals surface area contributed by atoms with Gasteiger partial charge in [0, 0.05) is 44.8 Å². The lowest BCUT2D eigenvalue weighted by Gasteiger charge is -2.48. The quantitative estimate of drug-likeness (QED) is 0.840. The predicted molar refractivity (Wildman–Crippen MR) is 102 cm³/mol. The van der Waals surface area contributed by atoms with Crippen LogP contribution in [0.3, 0.4) is 0 Å². The van der Waals surface area contributed by atoms with E-state index in [-0.39, 0.29) is 23.2 Å². The number of carbonyl (C=O) groups is 1. The summed E-state index contributed by atoms with van der Waals surface area (Å²) in [5.41, 5.74) is 0.429. The standard InChI is InChI=1S/C21H26N2O5/c24-16-12-18(15-4-2-1-3-5-15)27-21(14-16)8-10-23(11-9-21)20(26)7-6-17-13-19(25)22-28-17/h1-5,13,16,18,24H,6-12,14H2,(H,22,25)/t16-,18-/m1/s1. The van der Waals surface area contributed by atoms with Crippen LogP contribution in [0, 0.1) is 0 Å². The van der Waals surface area contributed by atoms with Crippen LogP contribution < -0.4 is 5.56 Å². The lowest BCUT2D eigenvalue weighted by Crippen LogP contribution is -2.52. The zero-order valence-electron chi connectivity index (χ0n) is 15.8. The van der Waals surface area contributed by atoms with E-state index in [1.165, 1.54) is 6.07 Å². The first kappa shape index (κ1) is 19.0. The molecular formula is C21H26N2O5. The van der Waals surface area contributed by atoms with Gasteiger partial charge < -0.3 is 19.3 Å². The first-order chi connectivity index (χ1) is 13.5. The maximum absolute atomic E-state index is 12.5. The molecule has 1 spiro atoms. The van der Waals surface area contributed by atoms with Crippen LogP contribution in [0.2, 0.25) is 0 Å². The fourth-order valence-electron chi connectivity index (χ4n) is 4.35. The number of amides is 1. The average Bonchev–Trinajstić information content (AvgIpc) is 3.12. The summed E-state index contributed by atoms with van der Waals surface area (Å²) in [5, 5.41) is 12.7. The van der Waals surface area contributed by atoms with E-state index in [9.17, 15) is 14.7 Å². The van der Waals surface area contributed by atoms with Crippen LogP contribution in [0.5, 0.6) is 0 Å². The summed E-state index contributed by atoms with van der Waals surface area (Å²) in [5.74, 6) is 0.547. The molecule has 2 aromatic rings. The highest BCUT2D eigenvalue weighted by molar-refractivity contribution is 5.76. The van der Waals surface area contributed by atoms with Crippen molar-refractivity contribution in [1.29, 1.82) is 0 Å². The van der Waals surface area contributed by atoms with Gasteiger partial charge in [0.05, 0.1) is 17.8 Å². The molecule has 28 heavy (non-hydrogen) atoms. The van der Waals surface area contributed by atoms with Crippen LogP contribution in [-0.2, 0) is 16.0 Å². The smallest absolute Gasteiger partial charge is 0.280 e. The van der Waals surface area contributed by atoms with Crippen molar-refractivity contribution in [2.45, 2.75) is 56.3 Å². The third-order valence-corrected chi connectivity index (χ3v) is 5.84. The molecule has 0 radical (unpaired) electrons. The molecule has 4 rings (SSSR count). The number of H-pyrrole nitrogens is 1. The number of piperidine rings is 1. The molecule has 2 fully saturated rings. The van der Waals surface area contributed by atoms with Crippen molar-refractivity contribution < 1.29 is 19.2 Å². The second kappa shape index (κ2) is 7.93. The third-order valence-electron chi connectivity index (χ3n) is 5.84. The molecule has 1 aromatic heterocycles. The van der Waals surface area contributed by atoms with Crippen molar-refractivity contribution in [3.05, 3.63) is 58.1 Å². The van der Waals surface area contributed by atoms with Gasteiger partial charge in [-0.05, 0) is 18.4 Å². The average molecular weight is 386 g/mol. The van der Waals surface area contributed by atoms with Crippen molar-refractivity contribution >= 4 is 5.91 Å². The maximum atomic E-state index is 12.5. The molecule has 0 unspecified atom stereocenters. The fourth-order valence-corrected chi connectivity index (χ4v) is 4.35. The molecule has 7 nitrogen and oxygen atoms in total. The molecule has 2 aliphatic rings. The van der Waals surface area contributed by atoms with Gasteiger partial charge in [0.25, 0.3) is 5.56 Å². The lowest BCUT2D eigenvalue weighted by atomic mass is 9.81. The van der Waals surface area contributed by atoms with E-state index in [1.54, 1.807) is 0 Å². The Hall–Kier alpha value is -2.38. The van der Waals surface area contributed by atoms with Crippen LogP contribution in [0.1, 0.15) is 49.5 Å². The summed E-state index contributed by atoms with van der Waals surface area (Å²) in [6.45, 7) is 1.23. The van der Waals surface area contributed by atoms with Crippen molar-refractivity contribution in [1.82, 2.24) is 10.1 Å². The summed E-state index contributed by atoms with van der Waals surface area (Å²) in [6.07, 6.45) is 2.88. The Balaban J connectivity index is 1.34. The SMILES string of the molecule is O=C(CCc1cc(=O)[nH]o1)N1CCC2(CC1)C[C@H](O)C[C@H](c1ccccc1)O2. The highest BCUT2D eigenvalue weighted by Gasteiger charge is 2.44. The van der Waals surface area contributed by atoms with Gasteiger partial charge in [-0.25, -0.2) is 0 Å². The number of nitrogens with one attached hydrogen (secondary N) is 1. The van der Waals surface area contributed by atoms with E-state index >= 15 is 0 Å². The molecule has 0 aliphatic carbocycles. The molecule has 1 amide bonds. The van der Waals surface area contributed by atoms with Crippen LogP contribution in [0.25, 0.3) is 0 Å². The first-order valence-electron chi connectivity index (χ1n) is 9.89. The van der Waals surface area contributed by atoms with Crippen molar-refractivity contribution in [3.8, 4) is 0 Å². The van der Waals surface area contributed by atoms with Gasteiger partial charge in [0.1, 0.15) is 5.76 Å². The first-order valence-corrected chi connectivity index (χ1v) is 9.89. The van der Waals surface area contributed by atoms with Gasteiger partial charge in [-0.2, -0.15) is 5.16 Å². The minimum atomic E-state index is -0.391. The number of hydrogen-bond acceptors (Lipinski definition) is 5. The Morgan fingerprint density at radius 3 is 2.68 bits per heavy atom. The molecule has 150 valence electrons. The van der Waals surface area contributed by atoms with E-state index in [1.807, 2.05) is 35.2 Å². The second-order valence-corrected chi connectivity index (χ2v) is 7.85. The van der Waals surface area contributed by atoms with Gasteiger partial charge in [-0.3, -0.25) is 9.59 Å². The number of aryl methyl sites for hydroxylation is 1. The predicted octanol–water partition coefficient (Wildman–Crippen LogP) is 2.17. The summed E-state index contributed by atoms with van der Waals surface area (Å²) in [7, 11) is 0. The van der Waals surface area contributed by atoms with Crippen LogP contribution in [0.4, 0.5) is 0 Å². The molecule has 2 saturated heterocycles. The van der Waals surface area contributed by atoms with Gasteiger partial charge in [0.15, 0.2) is 0 Å². The molecule has 7 heteroatoms. The number of carbonyl (C=O) groups excluding carboxylic acids is 1. The Morgan fingerprint density at radius 2 is 2.00 bits per heavy atom. The molecular weight excluding hydrogens is 360 g/mol.